The lowest BCUT2D eigenvalue weighted by atomic mass is 10.1. The lowest BCUT2D eigenvalue weighted by Crippen LogP contribution is -2.33. The number of hydrogen-bond donors (Lipinski definition) is 2. The van der Waals surface area contributed by atoms with Crippen LogP contribution < -0.4 is 11.1 Å². The average molecular weight is 214 g/mol. The molecule has 15 heavy (non-hydrogen) atoms. The number of amides is 1. The van der Waals surface area contributed by atoms with E-state index in [4.69, 9.17) is 10.5 Å². The second-order valence-corrected chi connectivity index (χ2v) is 4.26. The summed E-state index contributed by atoms with van der Waals surface area (Å²) in [5.41, 5.74) is 5.85. The molecule has 0 spiro atoms. The van der Waals surface area contributed by atoms with Gasteiger partial charge < -0.3 is 15.8 Å². The second-order valence-electron chi connectivity index (χ2n) is 4.26. The van der Waals surface area contributed by atoms with Gasteiger partial charge in [0.2, 0.25) is 5.91 Å². The van der Waals surface area contributed by atoms with Crippen molar-refractivity contribution in [1.82, 2.24) is 5.32 Å². The van der Waals surface area contributed by atoms with Gasteiger partial charge >= 0.3 is 0 Å². The monoisotopic (exact) mass is 214 g/mol. The van der Waals surface area contributed by atoms with Crippen molar-refractivity contribution in [2.75, 3.05) is 20.3 Å². The van der Waals surface area contributed by atoms with Gasteiger partial charge in [-0.1, -0.05) is 0 Å². The SMILES string of the molecule is COCCCCNC(=O)CC(N)C1CC1. The minimum atomic E-state index is 0.0731. The Morgan fingerprint density at radius 1 is 1.53 bits per heavy atom. The minimum absolute atomic E-state index is 0.0731. The fourth-order valence-electron chi connectivity index (χ4n) is 1.58. The molecule has 0 bridgehead atoms. The van der Waals surface area contributed by atoms with Crippen molar-refractivity contribution in [1.29, 1.82) is 0 Å². The van der Waals surface area contributed by atoms with Crippen LogP contribution in [0.25, 0.3) is 0 Å². The molecule has 1 fully saturated rings. The molecule has 0 aromatic heterocycles. The van der Waals surface area contributed by atoms with Crippen LogP contribution in [0.3, 0.4) is 0 Å². The van der Waals surface area contributed by atoms with Crippen LogP contribution in [0, 0.1) is 5.92 Å². The number of methoxy groups -OCH3 is 1. The lowest BCUT2D eigenvalue weighted by molar-refractivity contribution is -0.121. The molecule has 1 saturated carbocycles. The lowest BCUT2D eigenvalue weighted by Gasteiger charge is -2.10. The van der Waals surface area contributed by atoms with Crippen LogP contribution in [0.5, 0.6) is 0 Å². The highest BCUT2D eigenvalue weighted by atomic mass is 16.5. The first-order valence-corrected chi connectivity index (χ1v) is 5.75. The van der Waals surface area contributed by atoms with Gasteiger partial charge in [0.1, 0.15) is 0 Å². The van der Waals surface area contributed by atoms with Crippen LogP contribution in [-0.4, -0.2) is 32.2 Å². The van der Waals surface area contributed by atoms with E-state index >= 15 is 0 Å². The molecule has 0 saturated heterocycles. The van der Waals surface area contributed by atoms with Gasteiger partial charge in [-0.25, -0.2) is 0 Å². The molecule has 1 aliphatic carbocycles. The molecule has 3 N–H and O–H groups in total. The van der Waals surface area contributed by atoms with E-state index in [1.807, 2.05) is 0 Å². The number of carbonyl (C=O) groups is 1. The standard InChI is InChI=1S/C11H22N2O2/c1-15-7-3-2-6-13-11(14)8-10(12)9-4-5-9/h9-10H,2-8,12H2,1H3,(H,13,14). The summed E-state index contributed by atoms with van der Waals surface area (Å²) in [5.74, 6) is 0.691. The van der Waals surface area contributed by atoms with E-state index in [1.165, 1.54) is 12.8 Å². The van der Waals surface area contributed by atoms with E-state index in [-0.39, 0.29) is 11.9 Å². The first kappa shape index (κ1) is 12.5. The topological polar surface area (TPSA) is 64.3 Å². The molecule has 1 amide bonds. The van der Waals surface area contributed by atoms with Gasteiger partial charge in [0, 0.05) is 32.7 Å². The molecule has 0 heterocycles. The summed E-state index contributed by atoms with van der Waals surface area (Å²) in [7, 11) is 1.69. The predicted molar refractivity (Wildman–Crippen MR) is 59.4 cm³/mol. The molecule has 0 aromatic rings. The molecular weight excluding hydrogens is 192 g/mol. The Labute approximate surface area is 91.5 Å². The maximum absolute atomic E-state index is 11.4. The first-order valence-electron chi connectivity index (χ1n) is 5.75. The highest BCUT2D eigenvalue weighted by Gasteiger charge is 2.29. The highest BCUT2D eigenvalue weighted by molar-refractivity contribution is 5.76. The summed E-state index contributed by atoms with van der Waals surface area (Å²) in [6.45, 7) is 1.50. The van der Waals surface area contributed by atoms with Gasteiger partial charge in [-0.2, -0.15) is 0 Å². The number of hydrogen-bond acceptors (Lipinski definition) is 3. The predicted octanol–water partition coefficient (Wildman–Crippen LogP) is 0.657. The van der Waals surface area contributed by atoms with Crippen molar-refractivity contribution in [3.05, 3.63) is 0 Å². The molecule has 0 radical (unpaired) electrons. The zero-order valence-electron chi connectivity index (χ0n) is 9.50. The van der Waals surface area contributed by atoms with Crippen LogP contribution >= 0.6 is 0 Å². The van der Waals surface area contributed by atoms with Gasteiger partial charge in [-0.05, 0) is 31.6 Å². The quantitative estimate of drug-likeness (QED) is 0.583. The Morgan fingerprint density at radius 3 is 2.87 bits per heavy atom. The number of rotatable bonds is 8. The zero-order valence-corrected chi connectivity index (χ0v) is 9.50. The Bertz CT molecular complexity index is 193. The highest BCUT2D eigenvalue weighted by Crippen LogP contribution is 2.32. The number of nitrogens with two attached hydrogens (primary N) is 1. The van der Waals surface area contributed by atoms with Crippen molar-refractivity contribution >= 4 is 5.91 Å². The fraction of sp³-hybridized carbons (Fsp3) is 0.909. The Morgan fingerprint density at radius 2 is 2.27 bits per heavy atom. The molecule has 4 heteroatoms. The third-order valence-electron chi connectivity index (χ3n) is 2.75. The van der Waals surface area contributed by atoms with Crippen LogP contribution in [0.4, 0.5) is 0 Å². The van der Waals surface area contributed by atoms with Gasteiger partial charge in [-0.3, -0.25) is 4.79 Å². The zero-order chi connectivity index (χ0) is 11.1. The smallest absolute Gasteiger partial charge is 0.221 e. The molecule has 1 rings (SSSR count). The van der Waals surface area contributed by atoms with Gasteiger partial charge in [0.05, 0.1) is 0 Å². The normalized spacial score (nSPS) is 17.5. The van der Waals surface area contributed by atoms with E-state index in [9.17, 15) is 4.79 Å². The number of ether oxygens (including phenoxy) is 1. The summed E-state index contributed by atoms with van der Waals surface area (Å²) >= 11 is 0. The molecule has 0 aliphatic heterocycles. The Hall–Kier alpha value is -0.610. The Kier molecular flexibility index (Phi) is 5.65. The average Bonchev–Trinajstić information content (AvgIpc) is 3.00. The van der Waals surface area contributed by atoms with E-state index in [0.29, 0.717) is 12.3 Å². The molecule has 1 unspecified atom stereocenters. The number of nitrogens with one attached hydrogen (secondary N) is 1. The van der Waals surface area contributed by atoms with Crippen LogP contribution in [0.15, 0.2) is 0 Å². The van der Waals surface area contributed by atoms with Crippen molar-refractivity contribution in [3.8, 4) is 0 Å². The molecule has 0 aromatic carbocycles. The van der Waals surface area contributed by atoms with E-state index < -0.39 is 0 Å². The van der Waals surface area contributed by atoms with Crippen molar-refractivity contribution in [2.24, 2.45) is 11.7 Å². The van der Waals surface area contributed by atoms with E-state index in [0.717, 1.165) is 26.0 Å². The van der Waals surface area contributed by atoms with Crippen LogP contribution in [0.2, 0.25) is 0 Å². The van der Waals surface area contributed by atoms with Crippen LogP contribution in [0.1, 0.15) is 32.1 Å². The summed E-state index contributed by atoms with van der Waals surface area (Å²) in [6.07, 6.45) is 4.84. The summed E-state index contributed by atoms with van der Waals surface area (Å²) in [6, 6.07) is 0.0731. The molecule has 1 atom stereocenters. The third-order valence-corrected chi connectivity index (χ3v) is 2.75. The van der Waals surface area contributed by atoms with Gasteiger partial charge in [0.15, 0.2) is 0 Å². The largest absolute Gasteiger partial charge is 0.385 e. The van der Waals surface area contributed by atoms with Crippen molar-refractivity contribution < 1.29 is 9.53 Å². The van der Waals surface area contributed by atoms with Crippen LogP contribution in [-0.2, 0) is 9.53 Å². The van der Waals surface area contributed by atoms with Gasteiger partial charge in [-0.15, -0.1) is 0 Å². The summed E-state index contributed by atoms with van der Waals surface area (Å²) in [5, 5.41) is 2.88. The molecule has 4 nitrogen and oxygen atoms in total. The third kappa shape index (κ3) is 5.74. The maximum atomic E-state index is 11.4. The minimum Gasteiger partial charge on any atom is -0.385 e. The van der Waals surface area contributed by atoms with E-state index in [1.54, 1.807) is 7.11 Å². The van der Waals surface area contributed by atoms with Crippen molar-refractivity contribution in [2.45, 2.75) is 38.1 Å². The maximum Gasteiger partial charge on any atom is 0.221 e. The first-order chi connectivity index (χ1) is 7.24. The molecule has 1 aliphatic rings. The van der Waals surface area contributed by atoms with E-state index in [2.05, 4.69) is 5.32 Å². The summed E-state index contributed by atoms with van der Waals surface area (Å²) < 4.78 is 4.92. The van der Waals surface area contributed by atoms with Crippen molar-refractivity contribution in [3.63, 3.8) is 0 Å². The number of unbranched alkanes of at least 4 members (excludes halogenated alkanes) is 1. The Balaban J connectivity index is 1.93. The second kappa shape index (κ2) is 6.80. The fourth-order valence-corrected chi connectivity index (χ4v) is 1.58. The molecule has 88 valence electrons. The summed E-state index contributed by atoms with van der Waals surface area (Å²) in [4.78, 5) is 11.4. The number of carbonyl (C=O) groups excluding carboxylic acids is 1. The molecular formula is C11H22N2O2. The van der Waals surface area contributed by atoms with Gasteiger partial charge in [0.25, 0.3) is 0 Å².